The molecule has 0 fully saturated rings. The summed E-state index contributed by atoms with van der Waals surface area (Å²) in [7, 11) is 0. The number of hydrogen-bond donors (Lipinski definition) is 2. The van der Waals surface area contributed by atoms with E-state index in [1.165, 1.54) is 45.1 Å². The molecule has 0 amide bonds. The molecule has 0 heterocycles. The average Bonchev–Trinajstić information content (AvgIpc) is 2.25. The van der Waals surface area contributed by atoms with E-state index in [0.717, 1.165) is 25.6 Å². The van der Waals surface area contributed by atoms with E-state index in [1.54, 1.807) is 0 Å². The Balaban J connectivity index is 2.88. The van der Waals surface area contributed by atoms with Gasteiger partial charge >= 0.3 is 0 Å². The molecule has 0 spiro atoms. The third kappa shape index (κ3) is 13.9. The molecule has 0 aliphatic rings. The van der Waals surface area contributed by atoms with Crippen LogP contribution >= 0.6 is 0 Å². The van der Waals surface area contributed by atoms with Crippen molar-refractivity contribution in [1.82, 2.24) is 10.6 Å². The van der Waals surface area contributed by atoms with Gasteiger partial charge in [0, 0.05) is 13.1 Å². The monoisotopic (exact) mass is 228 g/mol. The van der Waals surface area contributed by atoms with Crippen LogP contribution in [-0.2, 0) is 0 Å². The third-order valence-electron chi connectivity index (χ3n) is 2.79. The number of nitrogens with one attached hydrogen (secondary N) is 2. The summed E-state index contributed by atoms with van der Waals surface area (Å²) in [5, 5.41) is 6.88. The lowest BCUT2D eigenvalue weighted by molar-refractivity contribution is 0.510. The molecule has 2 heteroatoms. The highest BCUT2D eigenvalue weighted by Crippen LogP contribution is 2.08. The van der Waals surface area contributed by atoms with Gasteiger partial charge in [0.2, 0.25) is 0 Å². The largest absolute Gasteiger partial charge is 0.315 e. The third-order valence-corrected chi connectivity index (χ3v) is 2.79. The van der Waals surface area contributed by atoms with Crippen LogP contribution in [0.15, 0.2) is 0 Å². The van der Waals surface area contributed by atoms with Gasteiger partial charge in [-0.1, -0.05) is 46.5 Å². The van der Waals surface area contributed by atoms with E-state index in [4.69, 9.17) is 0 Å². The molecule has 0 rings (SSSR count). The molecular formula is C14H32N2. The molecule has 0 radical (unpaired) electrons. The van der Waals surface area contributed by atoms with Gasteiger partial charge in [-0.2, -0.15) is 0 Å². The zero-order valence-electron chi connectivity index (χ0n) is 11.6. The van der Waals surface area contributed by atoms with E-state index in [9.17, 15) is 0 Å². The fourth-order valence-corrected chi connectivity index (χ4v) is 1.76. The molecule has 0 aliphatic heterocycles. The van der Waals surface area contributed by atoms with E-state index >= 15 is 0 Å². The Bertz CT molecular complexity index is 124. The van der Waals surface area contributed by atoms with Crippen molar-refractivity contribution >= 4 is 0 Å². The molecule has 98 valence electrons. The second-order valence-corrected chi connectivity index (χ2v) is 5.10. The second kappa shape index (κ2) is 13.0. The van der Waals surface area contributed by atoms with Crippen molar-refractivity contribution < 1.29 is 0 Å². The van der Waals surface area contributed by atoms with Crippen molar-refractivity contribution in [3.05, 3.63) is 0 Å². The van der Waals surface area contributed by atoms with Crippen molar-refractivity contribution in [2.45, 2.75) is 59.3 Å². The summed E-state index contributed by atoms with van der Waals surface area (Å²) in [6, 6.07) is 0. The van der Waals surface area contributed by atoms with Crippen LogP contribution in [-0.4, -0.2) is 26.2 Å². The van der Waals surface area contributed by atoms with Crippen LogP contribution in [0.25, 0.3) is 0 Å². The van der Waals surface area contributed by atoms with Gasteiger partial charge < -0.3 is 10.6 Å². The molecule has 0 bridgehead atoms. The van der Waals surface area contributed by atoms with Crippen LogP contribution in [0.2, 0.25) is 0 Å². The van der Waals surface area contributed by atoms with Crippen molar-refractivity contribution in [3.8, 4) is 0 Å². The summed E-state index contributed by atoms with van der Waals surface area (Å²) in [5.41, 5.74) is 0. The Labute approximate surface area is 103 Å². The lowest BCUT2D eigenvalue weighted by atomic mass is 10.0. The first kappa shape index (κ1) is 15.9. The fourth-order valence-electron chi connectivity index (χ4n) is 1.76. The highest BCUT2D eigenvalue weighted by atomic mass is 14.9. The summed E-state index contributed by atoms with van der Waals surface area (Å²) in [6.07, 6.45) is 8.18. The Morgan fingerprint density at radius 3 is 2.00 bits per heavy atom. The van der Waals surface area contributed by atoms with Crippen LogP contribution in [0.3, 0.4) is 0 Å². The first-order chi connectivity index (χ1) is 7.77. The molecule has 2 nitrogen and oxygen atoms in total. The SMILES string of the molecule is CCCNCCNCCCCCCC(C)C. The van der Waals surface area contributed by atoms with Crippen LogP contribution in [0, 0.1) is 5.92 Å². The lowest BCUT2D eigenvalue weighted by Gasteiger charge is -2.06. The standard InChI is InChI=1S/C14H32N2/c1-4-10-15-12-13-16-11-8-6-5-7-9-14(2)3/h14-16H,4-13H2,1-3H3. The summed E-state index contributed by atoms with van der Waals surface area (Å²) < 4.78 is 0. The number of unbranched alkanes of at least 4 members (excludes halogenated alkanes) is 3. The van der Waals surface area contributed by atoms with Crippen molar-refractivity contribution in [2.75, 3.05) is 26.2 Å². The number of hydrogen-bond acceptors (Lipinski definition) is 2. The molecule has 0 saturated carbocycles. The van der Waals surface area contributed by atoms with Crippen molar-refractivity contribution in [2.24, 2.45) is 5.92 Å². The molecule has 0 aromatic rings. The van der Waals surface area contributed by atoms with Gasteiger partial charge in [-0.25, -0.2) is 0 Å². The van der Waals surface area contributed by atoms with E-state index in [1.807, 2.05) is 0 Å². The van der Waals surface area contributed by atoms with Gasteiger partial charge in [0.1, 0.15) is 0 Å². The minimum absolute atomic E-state index is 0.878. The summed E-state index contributed by atoms with van der Waals surface area (Å²) >= 11 is 0. The maximum absolute atomic E-state index is 3.48. The first-order valence-corrected chi connectivity index (χ1v) is 7.18. The Morgan fingerprint density at radius 2 is 1.38 bits per heavy atom. The van der Waals surface area contributed by atoms with Crippen LogP contribution in [0.4, 0.5) is 0 Å². The zero-order valence-corrected chi connectivity index (χ0v) is 11.6. The molecule has 0 aliphatic carbocycles. The van der Waals surface area contributed by atoms with Gasteiger partial charge in [-0.15, -0.1) is 0 Å². The molecule has 0 aromatic heterocycles. The van der Waals surface area contributed by atoms with Crippen LogP contribution in [0.1, 0.15) is 59.3 Å². The summed E-state index contributed by atoms with van der Waals surface area (Å²) in [5.74, 6) is 0.878. The highest BCUT2D eigenvalue weighted by molar-refractivity contribution is 4.53. The molecular weight excluding hydrogens is 196 g/mol. The molecule has 0 saturated heterocycles. The Morgan fingerprint density at radius 1 is 0.750 bits per heavy atom. The normalized spacial score (nSPS) is 11.2. The van der Waals surface area contributed by atoms with E-state index in [2.05, 4.69) is 31.4 Å². The Hall–Kier alpha value is -0.0800. The minimum Gasteiger partial charge on any atom is -0.315 e. The predicted octanol–water partition coefficient (Wildman–Crippen LogP) is 3.18. The lowest BCUT2D eigenvalue weighted by Crippen LogP contribution is -2.28. The van der Waals surface area contributed by atoms with Crippen LogP contribution in [0.5, 0.6) is 0 Å². The molecule has 0 atom stereocenters. The molecule has 0 aromatic carbocycles. The summed E-state index contributed by atoms with van der Waals surface area (Å²) in [6.45, 7) is 11.4. The van der Waals surface area contributed by atoms with Crippen molar-refractivity contribution in [1.29, 1.82) is 0 Å². The van der Waals surface area contributed by atoms with Gasteiger partial charge in [-0.3, -0.25) is 0 Å². The van der Waals surface area contributed by atoms with E-state index in [-0.39, 0.29) is 0 Å². The van der Waals surface area contributed by atoms with E-state index in [0.29, 0.717) is 0 Å². The van der Waals surface area contributed by atoms with Crippen LogP contribution < -0.4 is 10.6 Å². The zero-order chi connectivity index (χ0) is 12.1. The Kier molecular flexibility index (Phi) is 12.9. The minimum atomic E-state index is 0.878. The second-order valence-electron chi connectivity index (χ2n) is 5.10. The smallest absolute Gasteiger partial charge is 0.00767 e. The van der Waals surface area contributed by atoms with Crippen molar-refractivity contribution in [3.63, 3.8) is 0 Å². The average molecular weight is 228 g/mol. The van der Waals surface area contributed by atoms with Gasteiger partial charge in [0.15, 0.2) is 0 Å². The topological polar surface area (TPSA) is 24.1 Å². The summed E-state index contributed by atoms with van der Waals surface area (Å²) in [4.78, 5) is 0. The highest BCUT2D eigenvalue weighted by Gasteiger charge is 1.94. The van der Waals surface area contributed by atoms with Gasteiger partial charge in [0.05, 0.1) is 0 Å². The molecule has 2 N–H and O–H groups in total. The quantitative estimate of drug-likeness (QED) is 0.501. The first-order valence-electron chi connectivity index (χ1n) is 7.18. The number of rotatable bonds is 12. The predicted molar refractivity (Wildman–Crippen MR) is 74.0 cm³/mol. The van der Waals surface area contributed by atoms with E-state index < -0.39 is 0 Å². The fraction of sp³-hybridized carbons (Fsp3) is 1.00. The van der Waals surface area contributed by atoms with Gasteiger partial charge in [-0.05, 0) is 31.8 Å². The molecule has 0 unspecified atom stereocenters. The maximum Gasteiger partial charge on any atom is 0.00767 e. The molecule has 16 heavy (non-hydrogen) atoms. The maximum atomic E-state index is 3.48. The van der Waals surface area contributed by atoms with Gasteiger partial charge in [0.25, 0.3) is 0 Å².